The number of amides is 1. The van der Waals surface area contributed by atoms with Crippen molar-refractivity contribution in [1.82, 2.24) is 5.43 Å². The maximum atomic E-state index is 10.6. The SMILES string of the molecule is CC(C)(N)CSCC(=O)NN. The van der Waals surface area contributed by atoms with E-state index >= 15 is 0 Å². The fourth-order valence-electron chi connectivity index (χ4n) is 0.448. The molecule has 0 aliphatic rings. The van der Waals surface area contributed by atoms with Gasteiger partial charge < -0.3 is 5.73 Å². The van der Waals surface area contributed by atoms with Crippen LogP contribution in [-0.2, 0) is 4.79 Å². The van der Waals surface area contributed by atoms with Crippen molar-refractivity contribution >= 4 is 17.7 Å². The van der Waals surface area contributed by atoms with E-state index in [0.29, 0.717) is 5.75 Å². The molecule has 0 saturated carbocycles. The lowest BCUT2D eigenvalue weighted by atomic mass is 10.1. The summed E-state index contributed by atoms with van der Waals surface area (Å²) in [6.07, 6.45) is 0. The van der Waals surface area contributed by atoms with Crippen LogP contribution in [0.4, 0.5) is 0 Å². The Kier molecular flexibility index (Phi) is 4.48. The van der Waals surface area contributed by atoms with Crippen molar-refractivity contribution < 1.29 is 4.79 Å². The predicted octanol–water partition coefficient (Wildman–Crippen LogP) is -0.553. The third-order valence-electron chi connectivity index (χ3n) is 0.868. The van der Waals surface area contributed by atoms with E-state index in [1.54, 1.807) is 0 Å². The third kappa shape index (κ3) is 7.64. The van der Waals surface area contributed by atoms with Crippen molar-refractivity contribution in [1.29, 1.82) is 0 Å². The first-order valence-corrected chi connectivity index (χ1v) is 4.47. The molecule has 0 bridgehead atoms. The van der Waals surface area contributed by atoms with Gasteiger partial charge in [0.05, 0.1) is 5.75 Å². The Morgan fingerprint density at radius 2 is 2.18 bits per heavy atom. The summed E-state index contributed by atoms with van der Waals surface area (Å²) < 4.78 is 0. The average Bonchev–Trinajstić information content (AvgIpc) is 1.85. The van der Waals surface area contributed by atoms with E-state index in [9.17, 15) is 4.79 Å². The van der Waals surface area contributed by atoms with Gasteiger partial charge in [-0.2, -0.15) is 11.8 Å². The molecular formula is C6H15N3OS. The van der Waals surface area contributed by atoms with Gasteiger partial charge in [0.25, 0.3) is 0 Å². The van der Waals surface area contributed by atoms with E-state index in [2.05, 4.69) is 5.43 Å². The zero-order valence-corrected chi connectivity index (χ0v) is 7.70. The topological polar surface area (TPSA) is 81.1 Å². The molecule has 0 spiro atoms. The first-order chi connectivity index (χ1) is 4.95. The molecule has 0 fully saturated rings. The standard InChI is InChI=1S/C6H15N3OS/c1-6(2,7)4-11-3-5(10)9-8/h3-4,7-8H2,1-2H3,(H,9,10). The van der Waals surface area contributed by atoms with Crippen molar-refractivity contribution in [3.05, 3.63) is 0 Å². The maximum Gasteiger partial charge on any atom is 0.243 e. The second-order valence-corrected chi connectivity index (χ2v) is 4.03. The average molecular weight is 177 g/mol. The smallest absolute Gasteiger partial charge is 0.243 e. The molecule has 4 nitrogen and oxygen atoms in total. The fourth-order valence-corrected chi connectivity index (χ4v) is 1.35. The highest BCUT2D eigenvalue weighted by atomic mass is 32.2. The van der Waals surface area contributed by atoms with Gasteiger partial charge in [0, 0.05) is 11.3 Å². The maximum absolute atomic E-state index is 10.6. The van der Waals surface area contributed by atoms with Crippen LogP contribution in [0.15, 0.2) is 0 Å². The van der Waals surface area contributed by atoms with E-state index in [1.165, 1.54) is 11.8 Å². The molecule has 0 radical (unpaired) electrons. The van der Waals surface area contributed by atoms with E-state index in [1.807, 2.05) is 13.8 Å². The molecule has 0 saturated heterocycles. The molecule has 0 aromatic rings. The van der Waals surface area contributed by atoms with Crippen LogP contribution >= 0.6 is 11.8 Å². The summed E-state index contributed by atoms with van der Waals surface area (Å²) in [6.45, 7) is 3.83. The van der Waals surface area contributed by atoms with Gasteiger partial charge in [-0.15, -0.1) is 0 Å². The summed E-state index contributed by atoms with van der Waals surface area (Å²) in [5.74, 6) is 5.83. The zero-order chi connectivity index (χ0) is 8.91. The number of thioether (sulfide) groups is 1. The van der Waals surface area contributed by atoms with E-state index < -0.39 is 0 Å². The van der Waals surface area contributed by atoms with Gasteiger partial charge >= 0.3 is 0 Å². The molecular weight excluding hydrogens is 162 g/mol. The van der Waals surface area contributed by atoms with Crippen LogP contribution in [0, 0.1) is 0 Å². The minimum Gasteiger partial charge on any atom is -0.325 e. The number of carbonyl (C=O) groups is 1. The number of carbonyl (C=O) groups excluding carboxylic acids is 1. The fraction of sp³-hybridized carbons (Fsp3) is 0.833. The lowest BCUT2D eigenvalue weighted by Gasteiger charge is -2.16. The predicted molar refractivity (Wildman–Crippen MR) is 47.9 cm³/mol. The lowest BCUT2D eigenvalue weighted by Crippen LogP contribution is -2.36. The highest BCUT2D eigenvalue weighted by Gasteiger charge is 2.10. The summed E-state index contributed by atoms with van der Waals surface area (Å²) in [5, 5.41) is 0. The molecule has 1 amide bonds. The Morgan fingerprint density at radius 1 is 1.64 bits per heavy atom. The van der Waals surface area contributed by atoms with Crippen molar-refractivity contribution in [3.63, 3.8) is 0 Å². The summed E-state index contributed by atoms with van der Waals surface area (Å²) in [6, 6.07) is 0. The molecule has 0 aromatic carbocycles. The molecule has 0 atom stereocenters. The molecule has 5 heteroatoms. The van der Waals surface area contributed by atoms with Crippen LogP contribution in [0.5, 0.6) is 0 Å². The van der Waals surface area contributed by atoms with Gasteiger partial charge in [0.2, 0.25) is 5.91 Å². The van der Waals surface area contributed by atoms with Gasteiger partial charge in [-0.25, -0.2) is 5.84 Å². The van der Waals surface area contributed by atoms with Crippen LogP contribution in [0.1, 0.15) is 13.8 Å². The van der Waals surface area contributed by atoms with Crippen molar-refractivity contribution in [3.8, 4) is 0 Å². The normalized spacial score (nSPS) is 11.3. The highest BCUT2D eigenvalue weighted by Crippen LogP contribution is 2.08. The van der Waals surface area contributed by atoms with E-state index in [0.717, 1.165) is 5.75 Å². The first-order valence-electron chi connectivity index (χ1n) is 3.32. The minimum absolute atomic E-state index is 0.167. The molecule has 0 aromatic heterocycles. The highest BCUT2D eigenvalue weighted by molar-refractivity contribution is 8.00. The molecule has 11 heavy (non-hydrogen) atoms. The van der Waals surface area contributed by atoms with Crippen LogP contribution < -0.4 is 17.0 Å². The Hall–Kier alpha value is -0.260. The number of rotatable bonds is 4. The van der Waals surface area contributed by atoms with Crippen LogP contribution in [0.2, 0.25) is 0 Å². The quantitative estimate of drug-likeness (QED) is 0.306. The van der Waals surface area contributed by atoms with Crippen LogP contribution in [0.25, 0.3) is 0 Å². The molecule has 0 aliphatic carbocycles. The van der Waals surface area contributed by atoms with E-state index in [-0.39, 0.29) is 11.4 Å². The van der Waals surface area contributed by atoms with Gasteiger partial charge in [-0.1, -0.05) is 0 Å². The number of hydrazine groups is 1. The summed E-state index contributed by atoms with van der Waals surface area (Å²) in [5.41, 5.74) is 7.51. The molecule has 0 heterocycles. The molecule has 66 valence electrons. The lowest BCUT2D eigenvalue weighted by molar-refractivity contribution is -0.118. The Labute approximate surface area is 71.0 Å². The molecule has 0 rings (SSSR count). The number of hydrogen-bond acceptors (Lipinski definition) is 4. The van der Waals surface area contributed by atoms with Crippen molar-refractivity contribution in [2.75, 3.05) is 11.5 Å². The van der Waals surface area contributed by atoms with E-state index in [4.69, 9.17) is 11.6 Å². The monoisotopic (exact) mass is 177 g/mol. The minimum atomic E-state index is -0.223. The number of hydrogen-bond donors (Lipinski definition) is 3. The third-order valence-corrected chi connectivity index (χ3v) is 2.28. The summed E-state index contributed by atoms with van der Waals surface area (Å²) >= 11 is 1.48. The molecule has 0 unspecified atom stereocenters. The second kappa shape index (κ2) is 4.58. The Bertz CT molecular complexity index is 132. The molecule has 0 aliphatic heterocycles. The van der Waals surface area contributed by atoms with Gasteiger partial charge in [-0.05, 0) is 13.8 Å². The first kappa shape index (κ1) is 10.7. The number of nitrogens with one attached hydrogen (secondary N) is 1. The second-order valence-electron chi connectivity index (χ2n) is 3.05. The van der Waals surface area contributed by atoms with Crippen molar-refractivity contribution in [2.45, 2.75) is 19.4 Å². The zero-order valence-electron chi connectivity index (χ0n) is 6.89. The van der Waals surface area contributed by atoms with Crippen LogP contribution in [-0.4, -0.2) is 23.0 Å². The van der Waals surface area contributed by atoms with Gasteiger partial charge in [-0.3, -0.25) is 10.2 Å². The van der Waals surface area contributed by atoms with Gasteiger partial charge in [0.15, 0.2) is 0 Å². The van der Waals surface area contributed by atoms with Crippen molar-refractivity contribution in [2.24, 2.45) is 11.6 Å². The van der Waals surface area contributed by atoms with Gasteiger partial charge in [0.1, 0.15) is 0 Å². The molecule has 5 N–H and O–H groups in total. The summed E-state index contributed by atoms with van der Waals surface area (Å²) in [4.78, 5) is 10.6. The Balaban J connectivity index is 3.35. The Morgan fingerprint density at radius 3 is 2.55 bits per heavy atom. The number of nitrogens with two attached hydrogens (primary N) is 2. The largest absolute Gasteiger partial charge is 0.325 e. The summed E-state index contributed by atoms with van der Waals surface area (Å²) in [7, 11) is 0. The van der Waals surface area contributed by atoms with Crippen LogP contribution in [0.3, 0.4) is 0 Å².